The van der Waals surface area contributed by atoms with E-state index in [4.69, 9.17) is 4.74 Å². The molecule has 0 fully saturated rings. The molecule has 1 heterocycles. The molecule has 1 nitrogen and oxygen atoms in total. The maximum Gasteiger partial charge on any atom is 0.125 e. The third-order valence-corrected chi connectivity index (χ3v) is 5.04. The van der Waals surface area contributed by atoms with Crippen LogP contribution in [-0.4, -0.2) is 11.9 Å². The van der Waals surface area contributed by atoms with E-state index in [9.17, 15) is 4.39 Å². The van der Waals surface area contributed by atoms with E-state index in [1.807, 2.05) is 6.07 Å². The molecular formula is C17H15Br2FO. The maximum absolute atomic E-state index is 13.4. The van der Waals surface area contributed by atoms with Crippen LogP contribution in [0.25, 0.3) is 0 Å². The Kier molecular flexibility index (Phi) is 4.65. The van der Waals surface area contributed by atoms with E-state index in [1.165, 1.54) is 17.2 Å². The Morgan fingerprint density at radius 2 is 2.10 bits per heavy atom. The van der Waals surface area contributed by atoms with E-state index < -0.39 is 0 Å². The highest BCUT2D eigenvalue weighted by Crippen LogP contribution is 2.36. The number of hydrogen-bond acceptors (Lipinski definition) is 1. The van der Waals surface area contributed by atoms with Gasteiger partial charge in [0, 0.05) is 16.2 Å². The SMILES string of the molecule is Fc1cccc(C(CBr)Cc2cc(Br)cc3c2OCC3)c1. The van der Waals surface area contributed by atoms with Crippen molar-refractivity contribution in [3.05, 3.63) is 63.4 Å². The minimum atomic E-state index is -0.186. The second-order valence-electron chi connectivity index (χ2n) is 5.26. The van der Waals surface area contributed by atoms with Crippen molar-refractivity contribution in [2.75, 3.05) is 11.9 Å². The van der Waals surface area contributed by atoms with Gasteiger partial charge >= 0.3 is 0 Å². The average molecular weight is 414 g/mol. The quantitative estimate of drug-likeness (QED) is 0.622. The summed E-state index contributed by atoms with van der Waals surface area (Å²) in [6.45, 7) is 0.748. The summed E-state index contributed by atoms with van der Waals surface area (Å²) in [7, 11) is 0. The Morgan fingerprint density at radius 3 is 2.86 bits per heavy atom. The summed E-state index contributed by atoms with van der Waals surface area (Å²) in [5.74, 6) is 1.05. The van der Waals surface area contributed by atoms with Crippen molar-refractivity contribution in [2.24, 2.45) is 0 Å². The molecule has 21 heavy (non-hydrogen) atoms. The number of hydrogen-bond donors (Lipinski definition) is 0. The van der Waals surface area contributed by atoms with Gasteiger partial charge in [-0.1, -0.05) is 44.0 Å². The Balaban J connectivity index is 1.91. The fourth-order valence-corrected chi connectivity index (χ4v) is 3.94. The van der Waals surface area contributed by atoms with Crippen molar-refractivity contribution in [1.82, 2.24) is 0 Å². The van der Waals surface area contributed by atoms with Crippen molar-refractivity contribution in [2.45, 2.75) is 18.8 Å². The van der Waals surface area contributed by atoms with E-state index in [-0.39, 0.29) is 11.7 Å². The molecule has 1 aliphatic heterocycles. The number of ether oxygens (including phenoxy) is 1. The van der Waals surface area contributed by atoms with E-state index >= 15 is 0 Å². The lowest BCUT2D eigenvalue weighted by Crippen LogP contribution is -2.06. The predicted octanol–water partition coefficient (Wildman–Crippen LogP) is 5.24. The number of alkyl halides is 1. The molecule has 1 atom stereocenters. The summed E-state index contributed by atoms with van der Waals surface area (Å²) in [4.78, 5) is 0. The summed E-state index contributed by atoms with van der Waals surface area (Å²) < 4.78 is 20.3. The highest BCUT2D eigenvalue weighted by molar-refractivity contribution is 9.10. The maximum atomic E-state index is 13.4. The van der Waals surface area contributed by atoms with Crippen LogP contribution >= 0.6 is 31.9 Å². The molecule has 2 aromatic rings. The lowest BCUT2D eigenvalue weighted by atomic mass is 9.92. The minimum Gasteiger partial charge on any atom is -0.493 e. The van der Waals surface area contributed by atoms with E-state index in [0.717, 1.165) is 40.6 Å². The van der Waals surface area contributed by atoms with Crippen LogP contribution in [-0.2, 0) is 12.8 Å². The zero-order chi connectivity index (χ0) is 14.8. The molecule has 0 aromatic heterocycles. The van der Waals surface area contributed by atoms with Crippen LogP contribution in [0.5, 0.6) is 5.75 Å². The van der Waals surface area contributed by atoms with Crippen LogP contribution in [0.1, 0.15) is 22.6 Å². The highest BCUT2D eigenvalue weighted by atomic mass is 79.9. The van der Waals surface area contributed by atoms with Crippen LogP contribution in [0.3, 0.4) is 0 Å². The monoisotopic (exact) mass is 412 g/mol. The van der Waals surface area contributed by atoms with Crippen LogP contribution < -0.4 is 4.74 Å². The molecule has 0 saturated heterocycles. The zero-order valence-electron chi connectivity index (χ0n) is 11.4. The standard InChI is InChI=1S/C17H15Br2FO/c18-10-14(11-2-1-3-16(20)9-11)6-13-8-15(19)7-12-4-5-21-17(12)13/h1-3,7-9,14H,4-6,10H2. The zero-order valence-corrected chi connectivity index (χ0v) is 14.6. The first-order valence-electron chi connectivity index (χ1n) is 6.93. The van der Waals surface area contributed by atoms with Crippen molar-refractivity contribution in [3.63, 3.8) is 0 Å². The summed E-state index contributed by atoms with van der Waals surface area (Å²) >= 11 is 7.13. The Labute approximate surface area is 140 Å². The van der Waals surface area contributed by atoms with Gasteiger partial charge in [0.25, 0.3) is 0 Å². The Hall–Kier alpha value is -0.870. The second-order valence-corrected chi connectivity index (χ2v) is 6.83. The molecule has 0 bridgehead atoms. The fourth-order valence-electron chi connectivity index (χ4n) is 2.79. The van der Waals surface area contributed by atoms with Gasteiger partial charge in [0.2, 0.25) is 0 Å². The van der Waals surface area contributed by atoms with Crippen molar-refractivity contribution in [3.8, 4) is 5.75 Å². The molecule has 1 unspecified atom stereocenters. The topological polar surface area (TPSA) is 9.23 Å². The van der Waals surface area contributed by atoms with Gasteiger partial charge in [-0.25, -0.2) is 4.39 Å². The molecule has 0 amide bonds. The van der Waals surface area contributed by atoms with Gasteiger partial charge in [-0.3, -0.25) is 0 Å². The first-order chi connectivity index (χ1) is 10.2. The smallest absolute Gasteiger partial charge is 0.125 e. The van der Waals surface area contributed by atoms with Crippen molar-refractivity contribution in [1.29, 1.82) is 0 Å². The molecule has 110 valence electrons. The molecule has 0 aliphatic carbocycles. The van der Waals surface area contributed by atoms with Crippen molar-refractivity contribution >= 4 is 31.9 Å². The summed E-state index contributed by atoms with van der Waals surface area (Å²) in [5.41, 5.74) is 3.45. The highest BCUT2D eigenvalue weighted by Gasteiger charge is 2.21. The van der Waals surface area contributed by atoms with Gasteiger partial charge in [-0.05, 0) is 53.3 Å². The van der Waals surface area contributed by atoms with Crippen LogP contribution in [0.2, 0.25) is 0 Å². The number of fused-ring (bicyclic) bond motifs is 1. The molecular weight excluding hydrogens is 399 g/mol. The number of rotatable bonds is 4. The molecule has 3 rings (SSSR count). The first-order valence-corrected chi connectivity index (χ1v) is 8.84. The van der Waals surface area contributed by atoms with Gasteiger partial charge in [-0.2, -0.15) is 0 Å². The largest absolute Gasteiger partial charge is 0.493 e. The molecule has 1 aliphatic rings. The lowest BCUT2D eigenvalue weighted by Gasteiger charge is -2.17. The summed E-state index contributed by atoms with van der Waals surface area (Å²) in [6.07, 6.45) is 1.79. The number of benzene rings is 2. The van der Waals surface area contributed by atoms with E-state index in [1.54, 1.807) is 12.1 Å². The molecule has 2 aromatic carbocycles. The second kappa shape index (κ2) is 6.49. The van der Waals surface area contributed by atoms with Crippen molar-refractivity contribution < 1.29 is 9.13 Å². The number of halogens is 3. The molecule has 0 N–H and O–H groups in total. The summed E-state index contributed by atoms with van der Waals surface area (Å²) in [5, 5.41) is 0.789. The van der Waals surface area contributed by atoms with Crippen LogP contribution in [0.4, 0.5) is 4.39 Å². The van der Waals surface area contributed by atoms with Gasteiger partial charge in [0.05, 0.1) is 6.61 Å². The molecule has 0 radical (unpaired) electrons. The summed E-state index contributed by atoms with van der Waals surface area (Å²) in [6, 6.07) is 11.1. The third kappa shape index (κ3) is 3.32. The van der Waals surface area contributed by atoms with Gasteiger partial charge in [0.1, 0.15) is 11.6 Å². The fraction of sp³-hybridized carbons (Fsp3) is 0.294. The predicted molar refractivity (Wildman–Crippen MR) is 90.0 cm³/mol. The molecule has 0 saturated carbocycles. The lowest BCUT2D eigenvalue weighted by molar-refractivity contribution is 0.353. The molecule has 0 spiro atoms. The van der Waals surface area contributed by atoms with E-state index in [0.29, 0.717) is 0 Å². The van der Waals surface area contributed by atoms with Crippen LogP contribution in [0, 0.1) is 5.82 Å². The minimum absolute atomic E-state index is 0.186. The Bertz CT molecular complexity index is 657. The normalized spacial score (nSPS) is 14.6. The van der Waals surface area contributed by atoms with E-state index in [2.05, 4.69) is 44.0 Å². The Morgan fingerprint density at radius 1 is 1.24 bits per heavy atom. The first kappa shape index (κ1) is 15.0. The third-order valence-electron chi connectivity index (χ3n) is 3.80. The van der Waals surface area contributed by atoms with Crippen LogP contribution in [0.15, 0.2) is 40.9 Å². The van der Waals surface area contributed by atoms with Gasteiger partial charge in [0.15, 0.2) is 0 Å². The van der Waals surface area contributed by atoms with Gasteiger partial charge < -0.3 is 4.74 Å². The average Bonchev–Trinajstić information content (AvgIpc) is 2.92. The molecule has 4 heteroatoms. The van der Waals surface area contributed by atoms with Gasteiger partial charge in [-0.15, -0.1) is 0 Å².